The van der Waals surface area contributed by atoms with Crippen LogP contribution in [0.4, 0.5) is 0 Å². The molecular formula is C23H25N7O2. The van der Waals surface area contributed by atoms with Crippen LogP contribution in [0.2, 0.25) is 0 Å². The monoisotopic (exact) mass is 431 g/mol. The minimum atomic E-state index is 0.122. The zero-order valence-electron chi connectivity index (χ0n) is 18.2. The molecule has 1 aliphatic heterocycles. The second-order valence-electron chi connectivity index (χ2n) is 8.28. The van der Waals surface area contributed by atoms with Crippen molar-refractivity contribution in [2.75, 3.05) is 13.1 Å². The molecule has 0 radical (unpaired) electrons. The molecule has 4 heterocycles. The summed E-state index contributed by atoms with van der Waals surface area (Å²) in [5.74, 6) is 1.62. The van der Waals surface area contributed by atoms with Gasteiger partial charge in [0.1, 0.15) is 11.3 Å². The highest BCUT2D eigenvalue weighted by molar-refractivity contribution is 5.77. The first-order valence-corrected chi connectivity index (χ1v) is 10.9. The third kappa shape index (κ3) is 3.98. The molecule has 5 rings (SSSR count). The molecule has 1 unspecified atom stereocenters. The standard InChI is InChI=1S/C23H25N7O2/c1-15-12-21(32-27-15)18-13-24-16(2)25-23(18)17-6-5-10-29(14-17)22(31)9-11-30-20-8-4-3-7-19(20)26-28-30/h3-4,7-8,12-13,17H,5-6,9-11,14H2,1-2H3. The highest BCUT2D eigenvalue weighted by Crippen LogP contribution is 2.33. The molecule has 0 saturated carbocycles. The van der Waals surface area contributed by atoms with E-state index in [0.717, 1.165) is 47.4 Å². The smallest absolute Gasteiger partial charge is 0.224 e. The van der Waals surface area contributed by atoms with Gasteiger partial charge in [-0.15, -0.1) is 5.10 Å². The maximum atomic E-state index is 13.0. The summed E-state index contributed by atoms with van der Waals surface area (Å²) in [6, 6.07) is 9.68. The normalized spacial score (nSPS) is 16.6. The van der Waals surface area contributed by atoms with Gasteiger partial charge in [0.2, 0.25) is 5.91 Å². The second kappa shape index (κ2) is 8.49. The lowest BCUT2D eigenvalue weighted by Crippen LogP contribution is -2.39. The summed E-state index contributed by atoms with van der Waals surface area (Å²) < 4.78 is 7.28. The molecule has 1 saturated heterocycles. The van der Waals surface area contributed by atoms with Gasteiger partial charge in [0.15, 0.2) is 5.76 Å². The molecule has 1 aliphatic rings. The first-order chi connectivity index (χ1) is 15.6. The van der Waals surface area contributed by atoms with E-state index in [1.54, 1.807) is 10.9 Å². The van der Waals surface area contributed by atoms with Gasteiger partial charge in [-0.1, -0.05) is 22.5 Å². The molecule has 164 valence electrons. The third-order valence-electron chi connectivity index (χ3n) is 5.95. The van der Waals surface area contributed by atoms with Crippen LogP contribution in [-0.4, -0.2) is 54.0 Å². The molecule has 0 aliphatic carbocycles. The van der Waals surface area contributed by atoms with Gasteiger partial charge >= 0.3 is 0 Å². The summed E-state index contributed by atoms with van der Waals surface area (Å²) in [6.45, 7) is 5.67. The Kier molecular flexibility index (Phi) is 5.38. The molecular weight excluding hydrogens is 406 g/mol. The van der Waals surface area contributed by atoms with Crippen molar-refractivity contribution in [2.24, 2.45) is 0 Å². The van der Waals surface area contributed by atoms with E-state index in [1.165, 1.54) is 0 Å². The highest BCUT2D eigenvalue weighted by Gasteiger charge is 2.28. The Morgan fingerprint density at radius 3 is 2.97 bits per heavy atom. The number of para-hydroxylation sites is 1. The van der Waals surface area contributed by atoms with E-state index in [0.29, 0.717) is 31.1 Å². The Bertz CT molecular complexity index is 1260. The molecule has 0 bridgehead atoms. The molecule has 1 aromatic carbocycles. The van der Waals surface area contributed by atoms with Crippen LogP contribution in [-0.2, 0) is 11.3 Å². The lowest BCUT2D eigenvalue weighted by molar-refractivity contribution is -0.132. The average Bonchev–Trinajstić information content (AvgIpc) is 3.43. The van der Waals surface area contributed by atoms with Gasteiger partial charge < -0.3 is 9.42 Å². The van der Waals surface area contributed by atoms with E-state index in [1.807, 2.05) is 49.1 Å². The Balaban J connectivity index is 1.31. The molecule has 1 amide bonds. The second-order valence-corrected chi connectivity index (χ2v) is 8.28. The number of aryl methyl sites for hydroxylation is 3. The Hall–Kier alpha value is -3.62. The lowest BCUT2D eigenvalue weighted by atomic mass is 9.91. The van der Waals surface area contributed by atoms with Gasteiger partial charge in [-0.2, -0.15) is 0 Å². The van der Waals surface area contributed by atoms with Gasteiger partial charge in [-0.25, -0.2) is 14.6 Å². The SMILES string of the molecule is Cc1cc(-c2cnc(C)nc2C2CCCN(C(=O)CCn3nnc4ccccc43)C2)on1. The van der Waals surface area contributed by atoms with Crippen LogP contribution in [0.3, 0.4) is 0 Å². The molecule has 0 spiro atoms. The number of amides is 1. The number of likely N-dealkylation sites (tertiary alicyclic amines) is 1. The number of hydrogen-bond donors (Lipinski definition) is 0. The predicted molar refractivity (Wildman–Crippen MR) is 118 cm³/mol. The predicted octanol–water partition coefficient (Wildman–Crippen LogP) is 3.29. The number of carbonyl (C=O) groups is 1. The maximum absolute atomic E-state index is 13.0. The number of hydrogen-bond acceptors (Lipinski definition) is 7. The topological polar surface area (TPSA) is 103 Å². The van der Waals surface area contributed by atoms with Crippen molar-refractivity contribution >= 4 is 16.9 Å². The van der Waals surface area contributed by atoms with E-state index in [2.05, 4.69) is 20.5 Å². The fraction of sp³-hybridized carbons (Fsp3) is 0.391. The number of nitrogens with zero attached hydrogens (tertiary/aromatic N) is 7. The minimum Gasteiger partial charge on any atom is -0.356 e. The lowest BCUT2D eigenvalue weighted by Gasteiger charge is -2.33. The van der Waals surface area contributed by atoms with Crippen molar-refractivity contribution in [1.29, 1.82) is 0 Å². The minimum absolute atomic E-state index is 0.122. The van der Waals surface area contributed by atoms with E-state index in [9.17, 15) is 4.79 Å². The van der Waals surface area contributed by atoms with E-state index in [4.69, 9.17) is 9.51 Å². The number of aromatic nitrogens is 6. The van der Waals surface area contributed by atoms with Gasteiger partial charge in [0.05, 0.1) is 29.0 Å². The number of carbonyl (C=O) groups excluding carboxylic acids is 1. The Labute approximate surface area is 185 Å². The van der Waals surface area contributed by atoms with Crippen molar-refractivity contribution in [1.82, 2.24) is 35.0 Å². The third-order valence-corrected chi connectivity index (χ3v) is 5.95. The van der Waals surface area contributed by atoms with Crippen LogP contribution in [0.1, 0.15) is 42.4 Å². The van der Waals surface area contributed by atoms with Gasteiger partial charge in [0.25, 0.3) is 0 Å². The van der Waals surface area contributed by atoms with Crippen LogP contribution >= 0.6 is 0 Å². The maximum Gasteiger partial charge on any atom is 0.224 e. The number of fused-ring (bicyclic) bond motifs is 1. The van der Waals surface area contributed by atoms with Crippen molar-refractivity contribution in [3.05, 3.63) is 53.7 Å². The summed E-state index contributed by atoms with van der Waals surface area (Å²) in [5, 5.41) is 12.4. The van der Waals surface area contributed by atoms with E-state index < -0.39 is 0 Å². The van der Waals surface area contributed by atoms with Crippen molar-refractivity contribution < 1.29 is 9.32 Å². The largest absolute Gasteiger partial charge is 0.356 e. The van der Waals surface area contributed by atoms with E-state index in [-0.39, 0.29) is 11.8 Å². The molecule has 9 nitrogen and oxygen atoms in total. The van der Waals surface area contributed by atoms with Crippen molar-refractivity contribution in [3.8, 4) is 11.3 Å². The van der Waals surface area contributed by atoms with E-state index >= 15 is 0 Å². The quantitative estimate of drug-likeness (QED) is 0.478. The number of benzene rings is 1. The molecule has 0 N–H and O–H groups in total. The fourth-order valence-electron chi connectivity index (χ4n) is 4.35. The Morgan fingerprint density at radius 2 is 2.12 bits per heavy atom. The number of piperidine rings is 1. The highest BCUT2D eigenvalue weighted by atomic mass is 16.5. The molecule has 4 aromatic rings. The summed E-state index contributed by atoms with van der Waals surface area (Å²) >= 11 is 0. The number of rotatable bonds is 5. The van der Waals surface area contributed by atoms with Crippen LogP contribution in [0.5, 0.6) is 0 Å². The van der Waals surface area contributed by atoms with Crippen LogP contribution in [0.25, 0.3) is 22.4 Å². The average molecular weight is 432 g/mol. The van der Waals surface area contributed by atoms with Gasteiger partial charge in [-0.3, -0.25) is 4.79 Å². The molecule has 1 atom stereocenters. The zero-order chi connectivity index (χ0) is 22.1. The first kappa shape index (κ1) is 20.3. The van der Waals surface area contributed by atoms with Crippen molar-refractivity contribution in [2.45, 2.75) is 45.6 Å². The van der Waals surface area contributed by atoms with Gasteiger partial charge in [-0.05, 0) is 38.8 Å². The fourth-order valence-corrected chi connectivity index (χ4v) is 4.35. The van der Waals surface area contributed by atoms with Crippen molar-refractivity contribution in [3.63, 3.8) is 0 Å². The van der Waals surface area contributed by atoms with Crippen LogP contribution in [0, 0.1) is 13.8 Å². The molecule has 3 aromatic heterocycles. The molecule has 1 fully saturated rings. The summed E-state index contributed by atoms with van der Waals surface area (Å²) in [4.78, 5) is 24.1. The van der Waals surface area contributed by atoms with Crippen LogP contribution < -0.4 is 0 Å². The van der Waals surface area contributed by atoms with Gasteiger partial charge in [0, 0.05) is 37.7 Å². The molecule has 9 heteroatoms. The zero-order valence-corrected chi connectivity index (χ0v) is 18.2. The summed E-state index contributed by atoms with van der Waals surface area (Å²) in [6.07, 6.45) is 4.08. The van der Waals surface area contributed by atoms with Crippen LogP contribution in [0.15, 0.2) is 41.1 Å². The molecule has 32 heavy (non-hydrogen) atoms. The Morgan fingerprint density at radius 1 is 1.25 bits per heavy atom. The summed E-state index contributed by atoms with van der Waals surface area (Å²) in [5.41, 5.74) is 4.37. The first-order valence-electron chi connectivity index (χ1n) is 10.9. The summed E-state index contributed by atoms with van der Waals surface area (Å²) in [7, 11) is 0.